The molecule has 0 aliphatic rings. The number of hydrogen-bond acceptors (Lipinski definition) is 1. The van der Waals surface area contributed by atoms with Crippen molar-refractivity contribution in [1.82, 2.24) is 0 Å². The molecule has 0 bridgehead atoms. The fourth-order valence-corrected chi connectivity index (χ4v) is 2.50. The van der Waals surface area contributed by atoms with Gasteiger partial charge in [-0.3, -0.25) is 0 Å². The van der Waals surface area contributed by atoms with E-state index in [-0.39, 0.29) is 0 Å². The van der Waals surface area contributed by atoms with Crippen molar-refractivity contribution in [1.29, 1.82) is 0 Å². The van der Waals surface area contributed by atoms with Gasteiger partial charge >= 0.3 is 0 Å². The maximum Gasteiger partial charge on any atom is 0.123 e. The maximum atomic E-state index is 10.3. The summed E-state index contributed by atoms with van der Waals surface area (Å²) in [6.07, 6.45) is 1.07. The van der Waals surface area contributed by atoms with E-state index in [0.717, 1.165) is 17.5 Å². The second kappa shape index (κ2) is 5.48. The van der Waals surface area contributed by atoms with Crippen LogP contribution in [0.2, 0.25) is 0 Å². The zero-order valence-corrected chi connectivity index (χ0v) is 12.2. The molecule has 0 heterocycles. The zero-order valence-electron chi connectivity index (χ0n) is 12.2. The summed E-state index contributed by atoms with van der Waals surface area (Å²) in [6.45, 7) is 8.63. The lowest BCUT2D eigenvalue weighted by atomic mass is 9.87. The number of phenols is 1. The van der Waals surface area contributed by atoms with E-state index in [2.05, 4.69) is 52.0 Å². The molecule has 0 fully saturated rings. The molecule has 0 aliphatic carbocycles. The SMILES string of the molecule is CCC(C)c1cccc(O)c1-c1cccc(C)c1C. The summed E-state index contributed by atoms with van der Waals surface area (Å²) in [5.74, 6) is 0.827. The van der Waals surface area contributed by atoms with E-state index in [4.69, 9.17) is 0 Å². The molecular formula is C18H22O. The highest BCUT2D eigenvalue weighted by Gasteiger charge is 2.16. The number of hydrogen-bond donors (Lipinski definition) is 1. The van der Waals surface area contributed by atoms with Crippen molar-refractivity contribution < 1.29 is 5.11 Å². The van der Waals surface area contributed by atoms with E-state index in [0.29, 0.717) is 11.7 Å². The molecule has 1 N–H and O–H groups in total. The standard InChI is InChI=1S/C18H22O/c1-5-12(2)15-9-7-11-17(19)18(15)16-10-6-8-13(3)14(16)4/h6-12,19H,5H2,1-4H3. The lowest BCUT2D eigenvalue weighted by molar-refractivity contribution is 0.476. The third-order valence-electron chi connectivity index (χ3n) is 4.09. The van der Waals surface area contributed by atoms with Crippen LogP contribution in [0.1, 0.15) is 42.9 Å². The Bertz CT molecular complexity index is 584. The lowest BCUT2D eigenvalue weighted by Gasteiger charge is -2.18. The molecule has 19 heavy (non-hydrogen) atoms. The fourth-order valence-electron chi connectivity index (χ4n) is 2.50. The first kappa shape index (κ1) is 13.7. The monoisotopic (exact) mass is 254 g/mol. The summed E-state index contributed by atoms with van der Waals surface area (Å²) in [7, 11) is 0. The van der Waals surface area contributed by atoms with Gasteiger partial charge in [-0.1, -0.05) is 44.2 Å². The number of rotatable bonds is 3. The van der Waals surface area contributed by atoms with Crippen LogP contribution in [-0.2, 0) is 0 Å². The molecule has 2 rings (SSSR count). The Hall–Kier alpha value is -1.76. The quantitative estimate of drug-likeness (QED) is 0.799. The van der Waals surface area contributed by atoms with Crippen LogP contribution in [0.5, 0.6) is 5.75 Å². The Kier molecular flexibility index (Phi) is 3.94. The summed E-state index contributed by atoms with van der Waals surface area (Å²) in [6, 6.07) is 12.1. The van der Waals surface area contributed by atoms with Crippen LogP contribution in [0.4, 0.5) is 0 Å². The molecule has 1 atom stereocenters. The van der Waals surface area contributed by atoms with E-state index in [1.165, 1.54) is 16.7 Å². The molecule has 2 aromatic rings. The highest BCUT2D eigenvalue weighted by Crippen LogP contribution is 2.39. The topological polar surface area (TPSA) is 20.2 Å². The Balaban J connectivity index is 2.71. The molecule has 0 amide bonds. The van der Waals surface area contributed by atoms with E-state index in [1.54, 1.807) is 6.07 Å². The average Bonchev–Trinajstić information content (AvgIpc) is 2.41. The second-order valence-electron chi connectivity index (χ2n) is 5.30. The van der Waals surface area contributed by atoms with Crippen LogP contribution < -0.4 is 0 Å². The normalized spacial score (nSPS) is 12.4. The van der Waals surface area contributed by atoms with E-state index in [9.17, 15) is 5.11 Å². The van der Waals surface area contributed by atoms with E-state index in [1.807, 2.05) is 6.07 Å². The lowest BCUT2D eigenvalue weighted by Crippen LogP contribution is -1.97. The second-order valence-corrected chi connectivity index (χ2v) is 5.30. The molecule has 2 aromatic carbocycles. The van der Waals surface area contributed by atoms with Gasteiger partial charge in [-0.15, -0.1) is 0 Å². The first-order chi connectivity index (χ1) is 9.06. The third-order valence-corrected chi connectivity index (χ3v) is 4.09. The van der Waals surface area contributed by atoms with Gasteiger partial charge in [-0.2, -0.15) is 0 Å². The molecule has 1 heteroatoms. The van der Waals surface area contributed by atoms with Crippen molar-refractivity contribution in [2.24, 2.45) is 0 Å². The third kappa shape index (κ3) is 2.51. The maximum absolute atomic E-state index is 10.3. The summed E-state index contributed by atoms with van der Waals surface area (Å²) in [5.41, 5.74) is 5.88. The van der Waals surface area contributed by atoms with Crippen molar-refractivity contribution in [2.45, 2.75) is 40.0 Å². The van der Waals surface area contributed by atoms with Crippen LogP contribution in [0.25, 0.3) is 11.1 Å². The van der Waals surface area contributed by atoms with Crippen molar-refractivity contribution in [3.8, 4) is 16.9 Å². The minimum atomic E-state index is 0.381. The van der Waals surface area contributed by atoms with Gasteiger partial charge < -0.3 is 5.11 Å². The molecule has 0 aliphatic heterocycles. The van der Waals surface area contributed by atoms with Crippen molar-refractivity contribution in [3.05, 3.63) is 53.1 Å². The predicted octanol–water partition coefficient (Wildman–Crippen LogP) is 5.19. The fraction of sp³-hybridized carbons (Fsp3) is 0.333. The highest BCUT2D eigenvalue weighted by molar-refractivity contribution is 5.77. The first-order valence-corrected chi connectivity index (χ1v) is 6.94. The van der Waals surface area contributed by atoms with Gasteiger partial charge in [0.1, 0.15) is 5.75 Å². The molecule has 0 saturated carbocycles. The van der Waals surface area contributed by atoms with Crippen LogP contribution in [0, 0.1) is 13.8 Å². The first-order valence-electron chi connectivity index (χ1n) is 6.94. The molecule has 0 aromatic heterocycles. The Morgan fingerprint density at radius 1 is 1.05 bits per heavy atom. The largest absolute Gasteiger partial charge is 0.507 e. The van der Waals surface area contributed by atoms with Crippen molar-refractivity contribution in [2.75, 3.05) is 0 Å². The predicted molar refractivity (Wildman–Crippen MR) is 81.7 cm³/mol. The van der Waals surface area contributed by atoms with Crippen LogP contribution >= 0.6 is 0 Å². The summed E-state index contributed by atoms with van der Waals surface area (Å²) in [5, 5.41) is 10.3. The summed E-state index contributed by atoms with van der Waals surface area (Å²) >= 11 is 0. The Morgan fingerprint density at radius 2 is 1.74 bits per heavy atom. The van der Waals surface area contributed by atoms with Crippen molar-refractivity contribution in [3.63, 3.8) is 0 Å². The minimum Gasteiger partial charge on any atom is -0.507 e. The average molecular weight is 254 g/mol. The van der Waals surface area contributed by atoms with E-state index >= 15 is 0 Å². The number of aromatic hydroxyl groups is 1. The molecule has 0 saturated heterocycles. The van der Waals surface area contributed by atoms with Crippen LogP contribution in [-0.4, -0.2) is 5.11 Å². The number of phenolic OH excluding ortho intramolecular Hbond substituents is 1. The van der Waals surface area contributed by atoms with Crippen LogP contribution in [0.15, 0.2) is 36.4 Å². The van der Waals surface area contributed by atoms with Gasteiger partial charge in [0.05, 0.1) is 0 Å². The smallest absolute Gasteiger partial charge is 0.123 e. The molecule has 1 nitrogen and oxygen atoms in total. The van der Waals surface area contributed by atoms with Gasteiger partial charge in [0.2, 0.25) is 0 Å². The van der Waals surface area contributed by atoms with Gasteiger partial charge in [-0.25, -0.2) is 0 Å². The highest BCUT2D eigenvalue weighted by atomic mass is 16.3. The number of benzene rings is 2. The van der Waals surface area contributed by atoms with E-state index < -0.39 is 0 Å². The molecule has 100 valence electrons. The van der Waals surface area contributed by atoms with Gasteiger partial charge in [0.25, 0.3) is 0 Å². The molecule has 1 unspecified atom stereocenters. The Labute approximate surface area is 115 Å². The molecule has 0 radical (unpaired) electrons. The van der Waals surface area contributed by atoms with Crippen LogP contribution in [0.3, 0.4) is 0 Å². The molecule has 0 spiro atoms. The van der Waals surface area contributed by atoms with Gasteiger partial charge in [0.15, 0.2) is 0 Å². The van der Waals surface area contributed by atoms with Crippen molar-refractivity contribution >= 4 is 0 Å². The minimum absolute atomic E-state index is 0.381. The van der Waals surface area contributed by atoms with Gasteiger partial charge in [-0.05, 0) is 54.5 Å². The molecular weight excluding hydrogens is 232 g/mol. The summed E-state index contributed by atoms with van der Waals surface area (Å²) < 4.78 is 0. The number of aryl methyl sites for hydroxylation is 1. The summed E-state index contributed by atoms with van der Waals surface area (Å²) in [4.78, 5) is 0. The van der Waals surface area contributed by atoms with Gasteiger partial charge in [0, 0.05) is 5.56 Å². The Morgan fingerprint density at radius 3 is 2.42 bits per heavy atom. The zero-order chi connectivity index (χ0) is 14.0.